The minimum absolute atomic E-state index is 0.141. The summed E-state index contributed by atoms with van der Waals surface area (Å²) in [6.45, 7) is 3.78. The van der Waals surface area contributed by atoms with E-state index in [1.807, 2.05) is 18.2 Å². The maximum Gasteiger partial charge on any atom is 0.303 e. The zero-order valence-electron chi connectivity index (χ0n) is 17.7. The van der Waals surface area contributed by atoms with Gasteiger partial charge in [0.1, 0.15) is 5.75 Å². The molecule has 1 amide bonds. The number of carbonyl (C=O) groups excluding carboxylic acids is 1. The van der Waals surface area contributed by atoms with Crippen molar-refractivity contribution in [3.8, 4) is 5.75 Å². The number of benzene rings is 1. The molecule has 0 aliphatic carbocycles. The number of nitrogens with zero attached hydrogens (tertiary/aromatic N) is 2. The van der Waals surface area contributed by atoms with Crippen LogP contribution in [0.25, 0.3) is 0 Å². The van der Waals surface area contributed by atoms with Crippen molar-refractivity contribution < 1.29 is 25.2 Å². The Labute approximate surface area is 171 Å². The summed E-state index contributed by atoms with van der Waals surface area (Å²) < 4.78 is 27.4. The number of halogens is 1. The van der Waals surface area contributed by atoms with Gasteiger partial charge in [0, 0.05) is 30.7 Å². The molecule has 156 valence electrons. The highest BCUT2D eigenvalue weighted by Gasteiger charge is 2.21. The van der Waals surface area contributed by atoms with Gasteiger partial charge in [-0.2, -0.15) is 4.39 Å². The number of unbranched alkanes of at least 4 members (excludes halogenated alkanes) is 2. The number of pyridine rings is 1. The van der Waals surface area contributed by atoms with Crippen LogP contribution < -0.4 is 4.74 Å². The number of carboxylic acids is 1. The Morgan fingerprint density at radius 3 is 2.62 bits per heavy atom. The molecular weight excluding hydrogens is 375 g/mol. The number of aromatic nitrogens is 1. The van der Waals surface area contributed by atoms with Gasteiger partial charge < -0.3 is 14.7 Å². The number of ether oxygens (including phenoxy) is 1. The Balaban J connectivity index is 2.08. The van der Waals surface area contributed by atoms with Gasteiger partial charge in [0.05, 0.1) is 13.5 Å². The van der Waals surface area contributed by atoms with Crippen molar-refractivity contribution in [1.82, 2.24) is 9.88 Å². The first-order valence-electron chi connectivity index (χ1n) is 10.0. The Kier molecular flexibility index (Phi) is 7.98. The number of rotatable bonds is 11. The molecular formula is C22H27FN2O4. The number of amides is 1. The third kappa shape index (κ3) is 7.18. The van der Waals surface area contributed by atoms with E-state index in [0.29, 0.717) is 18.8 Å². The summed E-state index contributed by atoms with van der Waals surface area (Å²) in [7, 11) is 0. The fourth-order valence-electron chi connectivity index (χ4n) is 2.77. The molecule has 0 spiro atoms. The molecule has 29 heavy (non-hydrogen) atoms. The van der Waals surface area contributed by atoms with E-state index in [-0.39, 0.29) is 18.5 Å². The van der Waals surface area contributed by atoms with E-state index in [1.165, 1.54) is 11.0 Å². The van der Waals surface area contributed by atoms with Crippen molar-refractivity contribution in [3.05, 3.63) is 59.7 Å². The quantitative estimate of drug-likeness (QED) is 0.447. The van der Waals surface area contributed by atoms with Gasteiger partial charge in [-0.1, -0.05) is 18.2 Å². The molecule has 0 bridgehead atoms. The predicted molar refractivity (Wildman–Crippen MR) is 107 cm³/mol. The van der Waals surface area contributed by atoms with Crippen LogP contribution in [0.5, 0.6) is 5.75 Å². The molecule has 6 nitrogen and oxygen atoms in total. The van der Waals surface area contributed by atoms with E-state index in [0.717, 1.165) is 30.7 Å². The average molecular weight is 403 g/mol. The van der Waals surface area contributed by atoms with Crippen molar-refractivity contribution in [2.75, 3.05) is 6.61 Å². The Bertz CT molecular complexity index is 853. The van der Waals surface area contributed by atoms with E-state index in [2.05, 4.69) is 4.98 Å². The molecule has 0 atom stereocenters. The minimum atomic E-state index is -1.23. The fraction of sp³-hybridized carbons (Fsp3) is 0.409. The van der Waals surface area contributed by atoms with Gasteiger partial charge >= 0.3 is 5.97 Å². The first-order valence-corrected chi connectivity index (χ1v) is 9.54. The molecule has 0 saturated heterocycles. The number of hydrogen-bond acceptors (Lipinski definition) is 4. The number of carboxylic acid groups (broad SMARTS) is 1. The van der Waals surface area contributed by atoms with Crippen molar-refractivity contribution in [1.29, 1.82) is 0 Å². The number of para-hydroxylation sites is 1. The second-order valence-corrected chi connectivity index (χ2v) is 6.87. The fourth-order valence-corrected chi connectivity index (χ4v) is 2.77. The summed E-state index contributed by atoms with van der Waals surface area (Å²) in [5, 5.41) is 8.67. The lowest BCUT2D eigenvalue weighted by molar-refractivity contribution is -0.137. The van der Waals surface area contributed by atoms with Crippen LogP contribution in [0.2, 0.25) is 0 Å². The van der Waals surface area contributed by atoms with Gasteiger partial charge in [0.25, 0.3) is 5.91 Å². The van der Waals surface area contributed by atoms with Gasteiger partial charge in [0.15, 0.2) is 0 Å². The molecule has 1 aromatic carbocycles. The topological polar surface area (TPSA) is 79.7 Å². The summed E-state index contributed by atoms with van der Waals surface area (Å²) in [6.07, 6.45) is 3.37. The summed E-state index contributed by atoms with van der Waals surface area (Å²) in [5.41, 5.74) is 0.945. The molecule has 0 unspecified atom stereocenters. The monoisotopic (exact) mass is 403 g/mol. The Hall–Kier alpha value is -2.96. The second kappa shape index (κ2) is 11.1. The average Bonchev–Trinajstić information content (AvgIpc) is 2.68. The summed E-state index contributed by atoms with van der Waals surface area (Å²) in [6, 6.07) is 8.52. The highest BCUT2D eigenvalue weighted by Crippen LogP contribution is 2.22. The first kappa shape index (κ1) is 20.8. The molecule has 0 aliphatic rings. The lowest BCUT2D eigenvalue weighted by Crippen LogP contribution is -2.36. The molecule has 1 N–H and O–H groups in total. The van der Waals surface area contributed by atoms with Crippen LogP contribution in [0.15, 0.2) is 42.6 Å². The van der Waals surface area contributed by atoms with Gasteiger partial charge in [-0.05, 0) is 51.3 Å². The van der Waals surface area contributed by atoms with Crippen LogP contribution in [0.3, 0.4) is 0 Å². The second-order valence-electron chi connectivity index (χ2n) is 6.87. The summed E-state index contributed by atoms with van der Waals surface area (Å²) in [5.74, 6) is -1.30. The Morgan fingerprint density at radius 2 is 1.97 bits per heavy atom. The molecule has 0 fully saturated rings. The molecule has 2 aromatic rings. The maximum atomic E-state index is 13.1. The van der Waals surface area contributed by atoms with Crippen LogP contribution in [0.4, 0.5) is 4.39 Å². The summed E-state index contributed by atoms with van der Waals surface area (Å²) >= 11 is 0. The van der Waals surface area contributed by atoms with Crippen LogP contribution in [-0.4, -0.2) is 39.5 Å². The highest BCUT2D eigenvalue weighted by molar-refractivity contribution is 5.94. The molecule has 0 saturated carbocycles. The highest BCUT2D eigenvalue weighted by atomic mass is 19.1. The van der Waals surface area contributed by atoms with Crippen LogP contribution in [0.1, 0.15) is 56.8 Å². The maximum absolute atomic E-state index is 13.1. The first-order chi connectivity index (χ1) is 14.2. The standard InChI is InChI=1S/C22H27FN2O4/c1-16(2)25(22(28)17-11-12-20(23)24-14-17)15-18-8-5-6-9-19(18)29-13-7-3-4-10-21(26)27/h5-6,8-9,11-12,14,16H,3-4,7,10,13,15H2,1-2H3,(H,26,27)/i16D. The normalized spacial score (nSPS) is 11.6. The minimum Gasteiger partial charge on any atom is -0.493 e. The number of carbonyl (C=O) groups is 2. The Morgan fingerprint density at radius 1 is 1.21 bits per heavy atom. The molecule has 0 aliphatic heterocycles. The molecule has 2 rings (SSSR count). The molecule has 1 aromatic heterocycles. The largest absolute Gasteiger partial charge is 0.493 e. The lowest BCUT2D eigenvalue weighted by Gasteiger charge is -2.27. The van der Waals surface area contributed by atoms with Crippen molar-refractivity contribution in [2.45, 2.75) is 52.1 Å². The zero-order valence-corrected chi connectivity index (χ0v) is 16.7. The van der Waals surface area contributed by atoms with Crippen LogP contribution in [-0.2, 0) is 11.3 Å². The number of hydrogen-bond donors (Lipinski definition) is 1. The van der Waals surface area contributed by atoms with E-state index in [1.54, 1.807) is 19.9 Å². The van der Waals surface area contributed by atoms with Crippen molar-refractivity contribution in [2.24, 2.45) is 0 Å². The van der Waals surface area contributed by atoms with Gasteiger partial charge in [-0.25, -0.2) is 4.98 Å². The molecule has 7 heteroatoms. The third-order valence-electron chi connectivity index (χ3n) is 4.35. The van der Waals surface area contributed by atoms with Crippen LogP contribution in [0, 0.1) is 5.95 Å². The van der Waals surface area contributed by atoms with Crippen molar-refractivity contribution in [3.63, 3.8) is 0 Å². The van der Waals surface area contributed by atoms with Gasteiger partial charge in [-0.15, -0.1) is 0 Å². The van der Waals surface area contributed by atoms with Gasteiger partial charge in [0.2, 0.25) is 5.95 Å². The predicted octanol–water partition coefficient (Wildman–Crippen LogP) is 4.30. The third-order valence-corrected chi connectivity index (χ3v) is 4.35. The number of aliphatic carboxylic acids is 1. The molecule has 0 radical (unpaired) electrons. The summed E-state index contributed by atoms with van der Waals surface area (Å²) in [4.78, 5) is 28.4. The van der Waals surface area contributed by atoms with Crippen molar-refractivity contribution >= 4 is 11.9 Å². The van der Waals surface area contributed by atoms with Gasteiger partial charge in [-0.3, -0.25) is 9.59 Å². The van der Waals surface area contributed by atoms with E-state index in [4.69, 9.17) is 11.2 Å². The van der Waals surface area contributed by atoms with E-state index < -0.39 is 23.8 Å². The lowest BCUT2D eigenvalue weighted by atomic mass is 10.1. The SMILES string of the molecule is [2H]C(C)(C)N(Cc1ccccc1OCCCCCC(=O)O)C(=O)c1ccc(F)nc1. The van der Waals surface area contributed by atoms with E-state index >= 15 is 0 Å². The molecule has 1 heterocycles. The van der Waals surface area contributed by atoms with Crippen LogP contribution >= 0.6 is 0 Å². The smallest absolute Gasteiger partial charge is 0.303 e. The van der Waals surface area contributed by atoms with E-state index in [9.17, 15) is 14.0 Å². The zero-order chi connectivity index (χ0) is 22.1.